The summed E-state index contributed by atoms with van der Waals surface area (Å²) in [4.78, 5) is 19.5. The van der Waals surface area contributed by atoms with Crippen molar-refractivity contribution in [2.75, 3.05) is 11.9 Å². The number of pyridine rings is 1. The van der Waals surface area contributed by atoms with Crippen LogP contribution >= 0.6 is 0 Å². The zero-order valence-electron chi connectivity index (χ0n) is 14.4. The molecule has 124 valence electrons. The van der Waals surface area contributed by atoms with E-state index in [2.05, 4.69) is 36.0 Å². The van der Waals surface area contributed by atoms with E-state index < -0.39 is 0 Å². The van der Waals surface area contributed by atoms with E-state index in [1.54, 1.807) is 6.20 Å². The Hall–Kier alpha value is -1.58. The molecule has 3 aliphatic rings. The number of hydrogen-bond donors (Lipinski definition) is 1. The maximum atomic E-state index is 13.1. The predicted molar refractivity (Wildman–Crippen MR) is 91.4 cm³/mol. The van der Waals surface area contributed by atoms with Gasteiger partial charge in [0.05, 0.1) is 0 Å². The lowest BCUT2D eigenvalue weighted by molar-refractivity contribution is 0.0708. The van der Waals surface area contributed by atoms with Crippen LogP contribution in [0.5, 0.6) is 0 Å². The monoisotopic (exact) mass is 313 g/mol. The van der Waals surface area contributed by atoms with Gasteiger partial charge in [-0.05, 0) is 55.1 Å². The molecule has 0 aromatic carbocycles. The zero-order chi connectivity index (χ0) is 16.2. The minimum atomic E-state index is 0.178. The summed E-state index contributed by atoms with van der Waals surface area (Å²) in [5.41, 5.74) is 1.39. The normalized spacial score (nSPS) is 32.0. The van der Waals surface area contributed by atoms with Gasteiger partial charge >= 0.3 is 0 Å². The highest BCUT2D eigenvalue weighted by Gasteiger charge is 2.51. The first-order chi connectivity index (χ1) is 10.8. The van der Waals surface area contributed by atoms with E-state index in [4.69, 9.17) is 0 Å². The second-order valence-electron chi connectivity index (χ2n) is 9.00. The molecule has 1 aliphatic heterocycles. The molecule has 1 saturated heterocycles. The highest BCUT2D eigenvalue weighted by molar-refractivity contribution is 5.95. The van der Waals surface area contributed by atoms with Crippen molar-refractivity contribution < 1.29 is 4.79 Å². The molecule has 1 aromatic rings. The molecule has 1 N–H and O–H groups in total. The molecule has 1 amide bonds. The standard InChI is InChI=1S/C19H27N3O/c1-18(2)9-15-10-19(3,11-18)12-22(15)17(23)13-6-7-20-16(8-13)21-14-4-5-14/h6-8,14-15H,4-5,9-12H2,1-3H3,(H,20,21). The van der Waals surface area contributed by atoms with Crippen molar-refractivity contribution in [2.24, 2.45) is 10.8 Å². The number of anilines is 1. The fraction of sp³-hybridized carbons (Fsp3) is 0.684. The van der Waals surface area contributed by atoms with E-state index in [-0.39, 0.29) is 11.3 Å². The third-order valence-electron chi connectivity index (χ3n) is 5.61. The quantitative estimate of drug-likeness (QED) is 0.925. The molecule has 4 nitrogen and oxygen atoms in total. The van der Waals surface area contributed by atoms with Crippen LogP contribution in [0.1, 0.15) is 63.2 Å². The van der Waals surface area contributed by atoms with Gasteiger partial charge in [0.25, 0.3) is 5.91 Å². The van der Waals surface area contributed by atoms with Crippen LogP contribution in [0.25, 0.3) is 0 Å². The van der Waals surface area contributed by atoms with Crippen LogP contribution in [0.3, 0.4) is 0 Å². The van der Waals surface area contributed by atoms with Crippen molar-refractivity contribution in [3.05, 3.63) is 23.9 Å². The Morgan fingerprint density at radius 1 is 1.30 bits per heavy atom. The third kappa shape index (κ3) is 2.96. The van der Waals surface area contributed by atoms with E-state index in [1.165, 1.54) is 19.3 Å². The van der Waals surface area contributed by atoms with Crippen molar-refractivity contribution >= 4 is 11.7 Å². The first kappa shape index (κ1) is 15.0. The summed E-state index contributed by atoms with van der Waals surface area (Å²) in [6, 6.07) is 4.73. The number of nitrogens with zero attached hydrogens (tertiary/aromatic N) is 2. The molecule has 2 heterocycles. The second kappa shape index (κ2) is 4.96. The van der Waals surface area contributed by atoms with Gasteiger partial charge in [0, 0.05) is 30.4 Å². The average molecular weight is 313 g/mol. The Morgan fingerprint density at radius 2 is 2.09 bits per heavy atom. The second-order valence-corrected chi connectivity index (χ2v) is 9.00. The summed E-state index contributed by atoms with van der Waals surface area (Å²) in [5.74, 6) is 1.02. The molecule has 2 unspecified atom stereocenters. The van der Waals surface area contributed by atoms with Crippen LogP contribution in [0.4, 0.5) is 5.82 Å². The Morgan fingerprint density at radius 3 is 2.83 bits per heavy atom. The fourth-order valence-corrected chi connectivity index (χ4v) is 4.94. The number of likely N-dealkylation sites (tertiary alicyclic amines) is 1. The van der Waals surface area contributed by atoms with Crippen LogP contribution in [0.15, 0.2) is 18.3 Å². The van der Waals surface area contributed by atoms with E-state index >= 15 is 0 Å². The van der Waals surface area contributed by atoms with Gasteiger partial charge in [-0.15, -0.1) is 0 Å². The molecule has 2 bridgehead atoms. The smallest absolute Gasteiger partial charge is 0.254 e. The molecule has 4 rings (SSSR count). The van der Waals surface area contributed by atoms with Crippen molar-refractivity contribution in [2.45, 2.75) is 65.0 Å². The summed E-state index contributed by atoms with van der Waals surface area (Å²) in [6.07, 6.45) is 7.66. The molecule has 23 heavy (non-hydrogen) atoms. The van der Waals surface area contributed by atoms with Gasteiger partial charge in [0.15, 0.2) is 0 Å². The first-order valence-electron chi connectivity index (χ1n) is 8.87. The Bertz CT molecular complexity index is 637. The maximum absolute atomic E-state index is 13.1. The van der Waals surface area contributed by atoms with Crippen molar-refractivity contribution in [3.8, 4) is 0 Å². The van der Waals surface area contributed by atoms with Crippen LogP contribution < -0.4 is 5.32 Å². The topological polar surface area (TPSA) is 45.2 Å². The van der Waals surface area contributed by atoms with Gasteiger partial charge in [0.1, 0.15) is 5.82 Å². The number of fused-ring (bicyclic) bond motifs is 2. The average Bonchev–Trinajstić information content (AvgIpc) is 3.22. The number of hydrogen-bond acceptors (Lipinski definition) is 3. The minimum Gasteiger partial charge on any atom is -0.367 e. The maximum Gasteiger partial charge on any atom is 0.254 e. The van der Waals surface area contributed by atoms with Crippen LogP contribution in [0.2, 0.25) is 0 Å². The minimum absolute atomic E-state index is 0.178. The predicted octanol–water partition coefficient (Wildman–Crippen LogP) is 3.70. The molecule has 4 heteroatoms. The molecular weight excluding hydrogens is 286 g/mol. The lowest BCUT2D eigenvalue weighted by Crippen LogP contribution is -2.37. The number of nitrogens with one attached hydrogen (secondary N) is 1. The number of aromatic nitrogens is 1. The SMILES string of the molecule is CC1(C)CC2CC(C)(CN2C(=O)c2ccnc(NC3CC3)c2)C1. The van der Waals surface area contributed by atoms with Gasteiger partial charge < -0.3 is 10.2 Å². The number of amides is 1. The summed E-state index contributed by atoms with van der Waals surface area (Å²) in [7, 11) is 0. The van der Waals surface area contributed by atoms with E-state index in [0.29, 0.717) is 17.5 Å². The third-order valence-corrected chi connectivity index (χ3v) is 5.61. The molecule has 0 radical (unpaired) electrons. The van der Waals surface area contributed by atoms with Crippen LogP contribution in [-0.2, 0) is 0 Å². The van der Waals surface area contributed by atoms with Crippen molar-refractivity contribution in [1.29, 1.82) is 0 Å². The fourth-order valence-electron chi connectivity index (χ4n) is 4.94. The van der Waals surface area contributed by atoms with E-state index in [0.717, 1.165) is 30.8 Å². The molecule has 2 aliphatic carbocycles. The Balaban J connectivity index is 1.55. The number of carbonyl (C=O) groups is 1. The first-order valence-corrected chi connectivity index (χ1v) is 8.87. The summed E-state index contributed by atoms with van der Waals surface area (Å²) >= 11 is 0. The molecule has 2 atom stereocenters. The van der Waals surface area contributed by atoms with Gasteiger partial charge in [-0.25, -0.2) is 4.98 Å². The Labute approximate surface area is 138 Å². The zero-order valence-corrected chi connectivity index (χ0v) is 14.4. The summed E-state index contributed by atoms with van der Waals surface area (Å²) in [6.45, 7) is 7.93. The van der Waals surface area contributed by atoms with Crippen LogP contribution in [0, 0.1) is 10.8 Å². The van der Waals surface area contributed by atoms with Gasteiger partial charge in [0.2, 0.25) is 0 Å². The Kier molecular flexibility index (Phi) is 3.23. The lowest BCUT2D eigenvalue weighted by atomic mass is 9.65. The van der Waals surface area contributed by atoms with Crippen molar-refractivity contribution in [1.82, 2.24) is 9.88 Å². The largest absolute Gasteiger partial charge is 0.367 e. The van der Waals surface area contributed by atoms with Gasteiger partial charge in [-0.2, -0.15) is 0 Å². The molecule has 2 saturated carbocycles. The highest BCUT2D eigenvalue weighted by atomic mass is 16.2. The molecular formula is C19H27N3O. The molecule has 0 spiro atoms. The van der Waals surface area contributed by atoms with E-state index in [9.17, 15) is 4.79 Å². The molecule has 1 aromatic heterocycles. The van der Waals surface area contributed by atoms with Gasteiger partial charge in [-0.1, -0.05) is 20.8 Å². The lowest BCUT2D eigenvalue weighted by Gasteiger charge is -2.39. The van der Waals surface area contributed by atoms with Crippen LogP contribution in [-0.4, -0.2) is 34.4 Å². The number of carbonyl (C=O) groups excluding carboxylic acids is 1. The summed E-state index contributed by atoms with van der Waals surface area (Å²) in [5, 5.41) is 3.39. The summed E-state index contributed by atoms with van der Waals surface area (Å²) < 4.78 is 0. The number of rotatable bonds is 3. The molecule has 3 fully saturated rings. The van der Waals surface area contributed by atoms with Crippen molar-refractivity contribution in [3.63, 3.8) is 0 Å². The highest BCUT2D eigenvalue weighted by Crippen LogP contribution is 2.52. The van der Waals surface area contributed by atoms with E-state index in [1.807, 2.05) is 12.1 Å². The van der Waals surface area contributed by atoms with Gasteiger partial charge in [-0.3, -0.25) is 4.79 Å².